The van der Waals surface area contributed by atoms with E-state index in [9.17, 15) is 0 Å². The molecule has 17 heavy (non-hydrogen) atoms. The van der Waals surface area contributed by atoms with Crippen LogP contribution in [-0.4, -0.2) is 63.3 Å². The maximum Gasteiger partial charge on any atom is 1.00 e. The third-order valence-electron chi connectivity index (χ3n) is 2.05. The fourth-order valence-electron chi connectivity index (χ4n) is 1.07. The molecule has 0 rings (SSSR count). The zero-order valence-corrected chi connectivity index (χ0v) is 14.6. The van der Waals surface area contributed by atoms with Gasteiger partial charge in [-0.25, -0.2) is 0 Å². The fourth-order valence-corrected chi connectivity index (χ4v) is 1.37. The molecule has 0 bridgehead atoms. The molecule has 0 unspecified atom stereocenters. The van der Waals surface area contributed by atoms with E-state index in [1.165, 1.54) is 0 Å². The average molecular weight is 291 g/mol. The molecule has 0 heterocycles. The molecule has 0 aliphatic heterocycles. The van der Waals surface area contributed by atoms with Crippen molar-refractivity contribution in [3.63, 3.8) is 0 Å². The van der Waals surface area contributed by atoms with Crippen LogP contribution in [0, 0.1) is 0 Å². The third-order valence-corrected chi connectivity index (χ3v) is 2.57. The Kier molecular flexibility index (Phi) is 14.3. The summed E-state index contributed by atoms with van der Waals surface area (Å²) in [5.41, 5.74) is 0. The van der Waals surface area contributed by atoms with Crippen LogP contribution >= 0.6 is 12.2 Å². The summed E-state index contributed by atoms with van der Waals surface area (Å²) in [6.07, 6.45) is -0.759. The molecule has 0 aromatic heterocycles. The van der Waals surface area contributed by atoms with E-state index in [0.717, 1.165) is 0 Å². The van der Waals surface area contributed by atoms with Crippen LogP contribution in [0.5, 0.6) is 0 Å². The van der Waals surface area contributed by atoms with Crippen molar-refractivity contribution in [2.45, 2.75) is 12.6 Å². The van der Waals surface area contributed by atoms with Gasteiger partial charge in [0, 0.05) is 28.4 Å². The minimum atomic E-state index is -0.379. The first kappa shape index (κ1) is 20.3. The number of nitrogens with zero attached hydrogens (tertiary/aromatic N) is 1. The van der Waals surface area contributed by atoms with Crippen LogP contribution in [-0.2, 0) is 31.6 Å². The zero-order chi connectivity index (χ0) is 12.6. The second kappa shape index (κ2) is 12.0. The fraction of sp³-hybridized carbons (Fsp3) is 0.889. The Morgan fingerprint density at radius 3 is 1.47 bits per heavy atom. The van der Waals surface area contributed by atoms with Gasteiger partial charge in [-0.05, 0) is 0 Å². The maximum atomic E-state index is 5.08. The quantitative estimate of drug-likeness (QED) is 0.210. The van der Waals surface area contributed by atoms with Gasteiger partial charge in [0.2, 0.25) is 0 Å². The average Bonchev–Trinajstić information content (AvgIpc) is 2.29. The normalized spacial score (nSPS) is 10.5. The van der Waals surface area contributed by atoms with Gasteiger partial charge in [-0.1, -0.05) is 4.32 Å². The third kappa shape index (κ3) is 8.63. The summed E-state index contributed by atoms with van der Waals surface area (Å²) < 4.78 is 20.6. The summed E-state index contributed by atoms with van der Waals surface area (Å²) in [4.78, 5) is 1.74. The van der Waals surface area contributed by atoms with Crippen molar-refractivity contribution in [2.75, 3.05) is 41.5 Å². The number of ether oxygens (including phenoxy) is 4. The monoisotopic (exact) mass is 291 g/mol. The van der Waals surface area contributed by atoms with E-state index in [-0.39, 0.29) is 42.1 Å². The Balaban J connectivity index is 0. The van der Waals surface area contributed by atoms with Crippen molar-refractivity contribution in [3.8, 4) is 0 Å². The van der Waals surface area contributed by atoms with Crippen LogP contribution in [0.2, 0.25) is 0 Å². The SMILES string of the molecule is COC(CN(CC(OC)OC)C(=S)[S-])OC.[Na+]. The van der Waals surface area contributed by atoms with E-state index >= 15 is 0 Å². The number of thiocarbonyl (C=S) groups is 1. The van der Waals surface area contributed by atoms with Crippen LogP contribution in [0.15, 0.2) is 0 Å². The molecule has 0 saturated carbocycles. The first-order valence-corrected chi connectivity index (χ1v) is 5.47. The minimum absolute atomic E-state index is 0. The van der Waals surface area contributed by atoms with Crippen molar-refractivity contribution in [3.05, 3.63) is 0 Å². The van der Waals surface area contributed by atoms with Gasteiger partial charge in [0.15, 0.2) is 12.6 Å². The molecule has 0 aromatic rings. The summed E-state index contributed by atoms with van der Waals surface area (Å²) in [7, 11) is 6.23. The van der Waals surface area contributed by atoms with Gasteiger partial charge in [0.1, 0.15) is 0 Å². The summed E-state index contributed by atoms with van der Waals surface area (Å²) >= 11 is 9.93. The maximum absolute atomic E-state index is 5.08. The molecule has 5 nitrogen and oxygen atoms in total. The van der Waals surface area contributed by atoms with Crippen LogP contribution in [0.25, 0.3) is 0 Å². The standard InChI is InChI=1S/C9H19NO4S2.Na/c1-11-7(12-2)5-10(9(15)16)6-8(13-3)14-4;/h7-8H,5-6H2,1-4H3,(H,15,16);/q;+1/p-1. The molecule has 0 aromatic carbocycles. The molecule has 0 aliphatic carbocycles. The van der Waals surface area contributed by atoms with Gasteiger partial charge in [0.25, 0.3) is 0 Å². The molecule has 0 saturated heterocycles. The molecular weight excluding hydrogens is 273 g/mol. The number of hydrogen-bond acceptors (Lipinski definition) is 6. The van der Waals surface area contributed by atoms with Crippen molar-refractivity contribution in [2.24, 2.45) is 0 Å². The first-order valence-electron chi connectivity index (χ1n) is 4.66. The summed E-state index contributed by atoms with van der Waals surface area (Å²) in [6.45, 7) is 0.886. The Hall–Kier alpha value is 0.950. The Morgan fingerprint density at radius 2 is 1.29 bits per heavy atom. The van der Waals surface area contributed by atoms with E-state index in [1.54, 1.807) is 33.3 Å². The number of rotatable bonds is 8. The van der Waals surface area contributed by atoms with Crippen LogP contribution in [0.1, 0.15) is 0 Å². The molecule has 8 heteroatoms. The molecule has 0 spiro atoms. The molecule has 0 fully saturated rings. The topological polar surface area (TPSA) is 40.2 Å². The summed E-state index contributed by atoms with van der Waals surface area (Å²) in [5.74, 6) is 0. The second-order valence-electron chi connectivity index (χ2n) is 2.97. The molecule has 0 radical (unpaired) electrons. The van der Waals surface area contributed by atoms with Gasteiger partial charge >= 0.3 is 29.6 Å². The van der Waals surface area contributed by atoms with Crippen molar-refractivity contribution >= 4 is 29.2 Å². The van der Waals surface area contributed by atoms with Crippen molar-refractivity contribution in [1.29, 1.82) is 0 Å². The number of methoxy groups -OCH3 is 4. The van der Waals surface area contributed by atoms with Gasteiger partial charge in [0.05, 0.1) is 13.1 Å². The van der Waals surface area contributed by atoms with E-state index in [4.69, 9.17) is 43.8 Å². The molecule has 0 aliphatic rings. The van der Waals surface area contributed by atoms with Crippen molar-refractivity contribution in [1.82, 2.24) is 4.90 Å². The van der Waals surface area contributed by atoms with E-state index in [2.05, 4.69) is 0 Å². The van der Waals surface area contributed by atoms with E-state index in [0.29, 0.717) is 17.4 Å². The number of hydrogen-bond donors (Lipinski definition) is 0. The first-order chi connectivity index (χ1) is 7.58. The van der Waals surface area contributed by atoms with Crippen LogP contribution < -0.4 is 29.6 Å². The van der Waals surface area contributed by atoms with Gasteiger partial charge in [-0.3, -0.25) is 0 Å². The van der Waals surface area contributed by atoms with Crippen LogP contribution in [0.3, 0.4) is 0 Å². The Morgan fingerprint density at radius 1 is 1.00 bits per heavy atom. The predicted octanol–water partition coefficient (Wildman–Crippen LogP) is -2.64. The van der Waals surface area contributed by atoms with Gasteiger partial charge < -0.3 is 48.7 Å². The van der Waals surface area contributed by atoms with E-state index < -0.39 is 0 Å². The minimum Gasteiger partial charge on any atom is -0.411 e. The van der Waals surface area contributed by atoms with Crippen molar-refractivity contribution < 1.29 is 48.5 Å². The molecular formula is C9H18NNaO4S2. The summed E-state index contributed by atoms with van der Waals surface area (Å²) in [5, 5.41) is 0. The second-order valence-corrected chi connectivity index (χ2v) is 4.00. The van der Waals surface area contributed by atoms with Crippen LogP contribution in [0.4, 0.5) is 0 Å². The molecule has 0 amide bonds. The molecule has 0 N–H and O–H groups in total. The molecule has 0 atom stereocenters. The Bertz CT molecular complexity index is 189. The van der Waals surface area contributed by atoms with Gasteiger partial charge in [-0.2, -0.15) is 0 Å². The Labute approximate surface area is 136 Å². The van der Waals surface area contributed by atoms with E-state index in [1.807, 2.05) is 0 Å². The summed E-state index contributed by atoms with van der Waals surface area (Å²) in [6, 6.07) is 0. The molecule has 96 valence electrons. The van der Waals surface area contributed by atoms with Gasteiger partial charge in [-0.15, -0.1) is 0 Å². The smallest absolute Gasteiger partial charge is 0.411 e. The largest absolute Gasteiger partial charge is 1.00 e. The zero-order valence-electron chi connectivity index (χ0n) is 11.0. The predicted molar refractivity (Wildman–Crippen MR) is 67.1 cm³/mol.